The quantitative estimate of drug-likeness (QED) is 0.791. The van der Waals surface area contributed by atoms with Crippen LogP contribution in [0, 0.1) is 11.7 Å². The first-order chi connectivity index (χ1) is 14.4. The van der Waals surface area contributed by atoms with Gasteiger partial charge in [0.05, 0.1) is 30.9 Å². The molecule has 0 unspecified atom stereocenters. The lowest BCUT2D eigenvalue weighted by atomic mass is 9.72. The van der Waals surface area contributed by atoms with E-state index in [1.54, 1.807) is 17.0 Å². The van der Waals surface area contributed by atoms with Crippen molar-refractivity contribution >= 4 is 21.6 Å². The van der Waals surface area contributed by atoms with Gasteiger partial charge in [0.25, 0.3) is 10.0 Å². The van der Waals surface area contributed by atoms with Crippen LogP contribution in [0.2, 0.25) is 0 Å². The molecule has 5 rings (SSSR count). The van der Waals surface area contributed by atoms with Crippen LogP contribution in [0.3, 0.4) is 0 Å². The third kappa shape index (κ3) is 2.93. The molecular weight excluding hydrogens is 407 g/mol. The van der Waals surface area contributed by atoms with Crippen molar-refractivity contribution in [3.8, 4) is 0 Å². The molecule has 2 aromatic carbocycles. The maximum atomic E-state index is 14.4. The first kappa shape index (κ1) is 19.5. The lowest BCUT2D eigenvalue weighted by Crippen LogP contribution is -2.70. The monoisotopic (exact) mass is 430 g/mol. The Morgan fingerprint density at radius 1 is 1.10 bits per heavy atom. The standard InChI is InChI=1S/C22H23FN2O4S/c23-16-6-2-4-8-20(16)30(28,29)24-12-18-22(15-5-1-3-7-17(15)24)19(13-26)25(18)21(27)11-14-9-10-14/h1-8,14,18-19,22,26H,9-13H2/t18-,19-,22+/m0/s1. The molecule has 30 heavy (non-hydrogen) atoms. The van der Waals surface area contributed by atoms with E-state index in [4.69, 9.17) is 0 Å². The van der Waals surface area contributed by atoms with E-state index in [1.165, 1.54) is 22.5 Å². The van der Waals surface area contributed by atoms with Crippen molar-refractivity contribution in [2.75, 3.05) is 17.5 Å². The molecule has 0 spiro atoms. The number of fused-ring (bicyclic) bond motifs is 3. The lowest BCUT2D eigenvalue weighted by molar-refractivity contribution is -0.150. The van der Waals surface area contributed by atoms with Gasteiger partial charge in [-0.2, -0.15) is 0 Å². The molecule has 3 aliphatic rings. The minimum absolute atomic E-state index is 0.0413. The number of aliphatic hydroxyl groups is 1. The summed E-state index contributed by atoms with van der Waals surface area (Å²) in [6.07, 6.45) is 2.50. The number of benzene rings is 2. The number of para-hydroxylation sites is 1. The summed E-state index contributed by atoms with van der Waals surface area (Å²) in [6, 6.07) is 11.7. The predicted molar refractivity (Wildman–Crippen MR) is 109 cm³/mol. The van der Waals surface area contributed by atoms with Gasteiger partial charge in [0, 0.05) is 12.3 Å². The second kappa shape index (κ2) is 7.06. The van der Waals surface area contributed by atoms with E-state index >= 15 is 0 Å². The molecule has 8 heteroatoms. The van der Waals surface area contributed by atoms with Gasteiger partial charge in [0.1, 0.15) is 10.7 Å². The van der Waals surface area contributed by atoms with Gasteiger partial charge >= 0.3 is 0 Å². The Kier molecular flexibility index (Phi) is 4.59. The average Bonchev–Trinajstić information content (AvgIpc) is 3.52. The fourth-order valence-electron chi connectivity index (χ4n) is 4.87. The van der Waals surface area contributed by atoms with Crippen molar-refractivity contribution in [3.05, 3.63) is 59.9 Å². The molecule has 2 fully saturated rings. The average molecular weight is 431 g/mol. The third-order valence-corrected chi connectivity index (χ3v) is 8.31. The van der Waals surface area contributed by atoms with Crippen LogP contribution in [0.15, 0.2) is 53.4 Å². The Hall–Kier alpha value is -2.45. The molecule has 2 aromatic rings. The number of aliphatic hydroxyl groups excluding tert-OH is 1. The highest BCUT2D eigenvalue weighted by atomic mass is 32.2. The second-order valence-electron chi connectivity index (χ2n) is 8.32. The number of hydrogen-bond donors (Lipinski definition) is 1. The number of sulfonamides is 1. The van der Waals surface area contributed by atoms with Crippen LogP contribution in [-0.4, -0.2) is 49.6 Å². The normalized spacial score (nSPS) is 25.3. The number of anilines is 1. The summed E-state index contributed by atoms with van der Waals surface area (Å²) < 4.78 is 42.4. The number of hydrogen-bond acceptors (Lipinski definition) is 4. The maximum Gasteiger partial charge on any atom is 0.267 e. The van der Waals surface area contributed by atoms with Crippen molar-refractivity contribution < 1.29 is 22.7 Å². The summed E-state index contributed by atoms with van der Waals surface area (Å²) in [4.78, 5) is 14.2. The van der Waals surface area contributed by atoms with Crippen LogP contribution in [-0.2, 0) is 14.8 Å². The molecule has 1 N–H and O–H groups in total. The smallest absolute Gasteiger partial charge is 0.267 e. The topological polar surface area (TPSA) is 77.9 Å². The molecule has 1 aliphatic carbocycles. The summed E-state index contributed by atoms with van der Waals surface area (Å²) in [5.74, 6) is -0.590. The molecule has 3 atom stereocenters. The molecule has 2 heterocycles. The van der Waals surface area contributed by atoms with Crippen molar-refractivity contribution in [2.45, 2.75) is 42.2 Å². The molecule has 0 bridgehead atoms. The number of carbonyl (C=O) groups excluding carboxylic acids is 1. The van der Waals surface area contributed by atoms with Gasteiger partial charge in [-0.25, -0.2) is 12.8 Å². The summed E-state index contributed by atoms with van der Waals surface area (Å²) in [7, 11) is -4.15. The van der Waals surface area contributed by atoms with Crippen molar-refractivity contribution in [1.82, 2.24) is 4.90 Å². The van der Waals surface area contributed by atoms with E-state index in [0.717, 1.165) is 24.5 Å². The van der Waals surface area contributed by atoms with E-state index < -0.39 is 15.8 Å². The van der Waals surface area contributed by atoms with Crippen molar-refractivity contribution in [2.24, 2.45) is 5.92 Å². The fraction of sp³-hybridized carbons (Fsp3) is 0.409. The van der Waals surface area contributed by atoms with Crippen LogP contribution >= 0.6 is 0 Å². The van der Waals surface area contributed by atoms with E-state index in [0.29, 0.717) is 18.0 Å². The minimum Gasteiger partial charge on any atom is -0.394 e. The molecule has 1 amide bonds. The van der Waals surface area contributed by atoms with E-state index in [2.05, 4.69) is 0 Å². The molecule has 0 radical (unpaired) electrons. The van der Waals surface area contributed by atoms with Crippen LogP contribution < -0.4 is 4.31 Å². The molecule has 6 nitrogen and oxygen atoms in total. The highest BCUT2D eigenvalue weighted by Gasteiger charge is 2.56. The number of rotatable bonds is 5. The van der Waals surface area contributed by atoms with Gasteiger partial charge in [-0.15, -0.1) is 0 Å². The summed E-state index contributed by atoms with van der Waals surface area (Å²) in [5.41, 5.74) is 1.25. The fourth-order valence-corrected chi connectivity index (χ4v) is 6.45. The van der Waals surface area contributed by atoms with E-state index in [1.807, 2.05) is 12.1 Å². The SMILES string of the molecule is O=C(CC1CC1)N1[C@@H](CO)[C@@H]2c3ccccc3N(S(=O)(=O)c3ccccc3F)C[C@@H]21. The summed E-state index contributed by atoms with van der Waals surface area (Å²) >= 11 is 0. The van der Waals surface area contributed by atoms with Gasteiger partial charge in [-0.05, 0) is 42.5 Å². The molecular formula is C22H23FN2O4S. The molecule has 1 saturated heterocycles. The third-order valence-electron chi connectivity index (χ3n) is 6.50. The Bertz CT molecular complexity index is 1100. The first-order valence-corrected chi connectivity index (χ1v) is 11.7. The number of halogens is 1. The Morgan fingerprint density at radius 2 is 1.80 bits per heavy atom. The first-order valence-electron chi connectivity index (χ1n) is 10.2. The highest BCUT2D eigenvalue weighted by molar-refractivity contribution is 7.92. The summed E-state index contributed by atoms with van der Waals surface area (Å²) in [6.45, 7) is -0.128. The zero-order valence-corrected chi connectivity index (χ0v) is 17.1. The van der Waals surface area contributed by atoms with Gasteiger partial charge in [0.15, 0.2) is 0 Å². The Labute approximate surface area is 175 Å². The van der Waals surface area contributed by atoms with Crippen LogP contribution in [0.5, 0.6) is 0 Å². The minimum atomic E-state index is -4.15. The van der Waals surface area contributed by atoms with Crippen LogP contribution in [0.1, 0.15) is 30.7 Å². The zero-order valence-electron chi connectivity index (χ0n) is 16.3. The Morgan fingerprint density at radius 3 is 2.50 bits per heavy atom. The summed E-state index contributed by atoms with van der Waals surface area (Å²) in [5, 5.41) is 9.98. The number of amides is 1. The van der Waals surface area contributed by atoms with Gasteiger partial charge in [-0.1, -0.05) is 30.3 Å². The molecule has 158 valence electrons. The Balaban J connectivity index is 1.56. The predicted octanol–water partition coefficient (Wildman–Crippen LogP) is 2.49. The zero-order chi connectivity index (χ0) is 21.0. The van der Waals surface area contributed by atoms with E-state index in [9.17, 15) is 22.7 Å². The van der Waals surface area contributed by atoms with Crippen molar-refractivity contribution in [1.29, 1.82) is 0 Å². The van der Waals surface area contributed by atoms with Crippen LogP contribution in [0.25, 0.3) is 0 Å². The van der Waals surface area contributed by atoms with Gasteiger partial charge < -0.3 is 10.0 Å². The number of nitrogens with zero attached hydrogens (tertiary/aromatic N) is 2. The number of likely N-dealkylation sites (tertiary alicyclic amines) is 1. The maximum absolute atomic E-state index is 14.4. The molecule has 1 saturated carbocycles. The second-order valence-corrected chi connectivity index (χ2v) is 10.1. The van der Waals surface area contributed by atoms with Crippen molar-refractivity contribution in [3.63, 3.8) is 0 Å². The van der Waals surface area contributed by atoms with Gasteiger partial charge in [0.2, 0.25) is 5.91 Å². The van der Waals surface area contributed by atoms with Gasteiger partial charge in [-0.3, -0.25) is 9.10 Å². The van der Waals surface area contributed by atoms with E-state index in [-0.39, 0.29) is 42.0 Å². The highest BCUT2D eigenvalue weighted by Crippen LogP contribution is 2.50. The molecule has 0 aromatic heterocycles. The lowest BCUT2D eigenvalue weighted by Gasteiger charge is -2.59. The largest absolute Gasteiger partial charge is 0.394 e. The molecule has 2 aliphatic heterocycles. The van der Waals surface area contributed by atoms with Crippen LogP contribution in [0.4, 0.5) is 10.1 Å². The number of carbonyl (C=O) groups is 1.